The highest BCUT2D eigenvalue weighted by molar-refractivity contribution is 5.46. The molecule has 2 aromatic rings. The second-order valence-electron chi connectivity index (χ2n) is 7.35. The fraction of sp³-hybridized carbons (Fsp3) is 0.478. The van der Waals surface area contributed by atoms with Gasteiger partial charge in [-0.2, -0.15) is 0 Å². The highest BCUT2D eigenvalue weighted by atomic mass is 16.5. The van der Waals surface area contributed by atoms with E-state index >= 15 is 0 Å². The topological polar surface area (TPSA) is 51.2 Å². The molecule has 0 aromatic heterocycles. The zero-order valence-electron chi connectivity index (χ0n) is 17.4. The average Bonchev–Trinajstić information content (AvgIpc) is 2.71. The van der Waals surface area contributed by atoms with Gasteiger partial charge in [-0.3, -0.25) is 4.90 Å². The van der Waals surface area contributed by atoms with Crippen LogP contribution in [0.1, 0.15) is 25.8 Å². The molecule has 1 atom stereocenters. The fourth-order valence-corrected chi connectivity index (χ4v) is 3.05. The predicted molar refractivity (Wildman–Crippen MR) is 112 cm³/mol. The quantitative estimate of drug-likeness (QED) is 0.597. The van der Waals surface area contributed by atoms with Gasteiger partial charge in [0.1, 0.15) is 18.5 Å². The molecule has 2 aromatic carbocycles. The molecule has 28 heavy (non-hydrogen) atoms. The van der Waals surface area contributed by atoms with Gasteiger partial charge in [-0.15, -0.1) is 0 Å². The smallest absolute Gasteiger partial charge is 0.165 e. The minimum atomic E-state index is -0.580. The van der Waals surface area contributed by atoms with Gasteiger partial charge in [0, 0.05) is 18.7 Å². The molecule has 2 rings (SSSR count). The number of hydrogen-bond donors (Lipinski definition) is 1. The maximum Gasteiger partial charge on any atom is 0.165 e. The third kappa shape index (κ3) is 7.06. The molecule has 0 saturated carbocycles. The summed E-state index contributed by atoms with van der Waals surface area (Å²) in [6.07, 6.45) is 0.474. The van der Waals surface area contributed by atoms with Crippen LogP contribution in [-0.2, 0) is 6.54 Å². The van der Waals surface area contributed by atoms with E-state index in [0.717, 1.165) is 35.8 Å². The third-order valence-electron chi connectivity index (χ3n) is 4.56. The number of nitrogens with zero attached hydrogens (tertiary/aromatic N) is 1. The van der Waals surface area contributed by atoms with Crippen molar-refractivity contribution in [3.05, 3.63) is 54.1 Å². The van der Waals surface area contributed by atoms with E-state index in [4.69, 9.17) is 14.2 Å². The van der Waals surface area contributed by atoms with Crippen LogP contribution in [0.3, 0.4) is 0 Å². The van der Waals surface area contributed by atoms with E-state index in [1.807, 2.05) is 48.5 Å². The number of hydrogen-bond acceptors (Lipinski definition) is 5. The molecule has 0 amide bonds. The molecular weight excluding hydrogens is 354 g/mol. The molecule has 0 aliphatic rings. The van der Waals surface area contributed by atoms with E-state index in [9.17, 15) is 5.11 Å². The molecule has 0 heterocycles. The molecule has 0 saturated heterocycles. The Morgan fingerprint density at radius 1 is 0.964 bits per heavy atom. The van der Waals surface area contributed by atoms with Crippen LogP contribution in [0, 0.1) is 5.92 Å². The van der Waals surface area contributed by atoms with Crippen LogP contribution in [0.2, 0.25) is 0 Å². The van der Waals surface area contributed by atoms with Crippen molar-refractivity contribution in [2.45, 2.75) is 32.9 Å². The largest absolute Gasteiger partial charge is 0.493 e. The van der Waals surface area contributed by atoms with Gasteiger partial charge in [0.2, 0.25) is 0 Å². The van der Waals surface area contributed by atoms with Crippen LogP contribution in [0.15, 0.2) is 48.5 Å². The van der Waals surface area contributed by atoms with Crippen LogP contribution in [0.5, 0.6) is 17.2 Å². The van der Waals surface area contributed by atoms with Crippen molar-refractivity contribution in [3.63, 3.8) is 0 Å². The second kappa shape index (κ2) is 11.6. The Morgan fingerprint density at radius 2 is 1.71 bits per heavy atom. The van der Waals surface area contributed by atoms with Gasteiger partial charge in [-0.05, 0) is 37.1 Å². The molecule has 0 radical (unpaired) electrons. The van der Waals surface area contributed by atoms with Gasteiger partial charge in [-0.1, -0.05) is 44.2 Å². The van der Waals surface area contributed by atoms with Gasteiger partial charge >= 0.3 is 0 Å². The summed E-state index contributed by atoms with van der Waals surface area (Å²) in [6.45, 7) is 6.77. The van der Waals surface area contributed by atoms with Crippen molar-refractivity contribution in [3.8, 4) is 17.2 Å². The van der Waals surface area contributed by atoms with Crippen molar-refractivity contribution in [1.29, 1.82) is 0 Å². The number of methoxy groups -OCH3 is 2. The lowest BCUT2D eigenvalue weighted by molar-refractivity contribution is 0.0636. The van der Waals surface area contributed by atoms with Crippen molar-refractivity contribution in [2.75, 3.05) is 33.9 Å². The standard InChI is InChI=1S/C23H33NO4/c1-18(2)13-14-24(15-19-9-8-12-22(26-3)23(19)27-4)16-20(25)17-28-21-10-6-5-7-11-21/h5-12,18,20,25H,13-17H2,1-4H3/t20-/m1/s1. The van der Waals surface area contributed by atoms with Crippen LogP contribution in [0.4, 0.5) is 0 Å². The lowest BCUT2D eigenvalue weighted by atomic mass is 10.1. The molecule has 0 aliphatic heterocycles. The second-order valence-corrected chi connectivity index (χ2v) is 7.35. The van der Waals surface area contributed by atoms with Gasteiger partial charge in [0.15, 0.2) is 11.5 Å². The number of para-hydroxylation sites is 2. The van der Waals surface area contributed by atoms with Crippen LogP contribution >= 0.6 is 0 Å². The normalized spacial score (nSPS) is 12.2. The van der Waals surface area contributed by atoms with Gasteiger partial charge in [0.05, 0.1) is 14.2 Å². The van der Waals surface area contributed by atoms with Crippen molar-refractivity contribution in [1.82, 2.24) is 4.90 Å². The first-order valence-electron chi connectivity index (χ1n) is 9.81. The summed E-state index contributed by atoms with van der Waals surface area (Å²) in [5, 5.41) is 10.5. The first-order valence-corrected chi connectivity index (χ1v) is 9.81. The molecular formula is C23H33NO4. The first-order chi connectivity index (χ1) is 13.5. The summed E-state index contributed by atoms with van der Waals surface area (Å²) >= 11 is 0. The lowest BCUT2D eigenvalue weighted by Gasteiger charge is -2.27. The zero-order chi connectivity index (χ0) is 20.4. The summed E-state index contributed by atoms with van der Waals surface area (Å²) in [5.74, 6) is 2.82. The van der Waals surface area contributed by atoms with Crippen LogP contribution in [-0.4, -0.2) is 50.0 Å². The molecule has 0 fully saturated rings. The number of aliphatic hydroxyl groups is 1. The molecule has 5 nitrogen and oxygen atoms in total. The van der Waals surface area contributed by atoms with E-state index in [-0.39, 0.29) is 6.61 Å². The number of aliphatic hydroxyl groups excluding tert-OH is 1. The monoisotopic (exact) mass is 387 g/mol. The third-order valence-corrected chi connectivity index (χ3v) is 4.56. The van der Waals surface area contributed by atoms with Crippen LogP contribution < -0.4 is 14.2 Å². The SMILES string of the molecule is COc1cccc(CN(CCC(C)C)C[C@@H](O)COc2ccccc2)c1OC. The molecule has 0 spiro atoms. The van der Waals surface area contributed by atoms with Gasteiger partial charge in [0.25, 0.3) is 0 Å². The van der Waals surface area contributed by atoms with E-state index in [2.05, 4.69) is 18.7 Å². The number of rotatable bonds is 12. The minimum absolute atomic E-state index is 0.261. The molecule has 154 valence electrons. The highest BCUT2D eigenvalue weighted by Crippen LogP contribution is 2.31. The first kappa shape index (κ1) is 22.1. The van der Waals surface area contributed by atoms with E-state index in [1.165, 1.54) is 0 Å². The van der Waals surface area contributed by atoms with E-state index < -0.39 is 6.10 Å². The molecule has 0 aliphatic carbocycles. The van der Waals surface area contributed by atoms with Crippen LogP contribution in [0.25, 0.3) is 0 Å². The maximum absolute atomic E-state index is 10.5. The van der Waals surface area contributed by atoms with Crippen molar-refractivity contribution in [2.24, 2.45) is 5.92 Å². The summed E-state index contributed by atoms with van der Waals surface area (Å²) < 4.78 is 16.7. The predicted octanol–water partition coefficient (Wildman–Crippen LogP) is 3.99. The molecule has 5 heteroatoms. The van der Waals surface area contributed by atoms with Crippen molar-refractivity contribution >= 4 is 0 Å². The van der Waals surface area contributed by atoms with Gasteiger partial charge in [-0.25, -0.2) is 0 Å². The average molecular weight is 388 g/mol. The zero-order valence-corrected chi connectivity index (χ0v) is 17.4. The Bertz CT molecular complexity index is 690. The minimum Gasteiger partial charge on any atom is -0.493 e. The summed E-state index contributed by atoms with van der Waals surface area (Å²) in [6, 6.07) is 15.5. The van der Waals surface area contributed by atoms with Gasteiger partial charge < -0.3 is 19.3 Å². The van der Waals surface area contributed by atoms with E-state index in [0.29, 0.717) is 19.0 Å². The Hall–Kier alpha value is -2.24. The summed E-state index contributed by atoms with van der Waals surface area (Å²) in [4.78, 5) is 2.25. The Balaban J connectivity index is 2.03. The highest BCUT2D eigenvalue weighted by Gasteiger charge is 2.17. The number of ether oxygens (including phenoxy) is 3. The summed E-state index contributed by atoms with van der Waals surface area (Å²) in [7, 11) is 3.30. The van der Waals surface area contributed by atoms with Crippen molar-refractivity contribution < 1.29 is 19.3 Å². The number of benzene rings is 2. The fourth-order valence-electron chi connectivity index (χ4n) is 3.05. The Labute approximate surface area is 168 Å². The Morgan fingerprint density at radius 3 is 2.36 bits per heavy atom. The summed E-state index contributed by atoms with van der Waals surface area (Å²) in [5.41, 5.74) is 1.04. The molecule has 0 bridgehead atoms. The Kier molecular flexibility index (Phi) is 9.11. The molecule has 0 unspecified atom stereocenters. The maximum atomic E-state index is 10.5. The lowest BCUT2D eigenvalue weighted by Crippen LogP contribution is -2.36. The van der Waals surface area contributed by atoms with E-state index in [1.54, 1.807) is 14.2 Å². The molecule has 1 N–H and O–H groups in total.